The number of aryl methyl sites for hydroxylation is 2. The van der Waals surface area contributed by atoms with Gasteiger partial charge < -0.3 is 14.6 Å². The summed E-state index contributed by atoms with van der Waals surface area (Å²) < 4.78 is 5.41. The van der Waals surface area contributed by atoms with Gasteiger partial charge in [0.25, 0.3) is 0 Å². The highest BCUT2D eigenvalue weighted by Gasteiger charge is 2.09. The molecule has 0 saturated heterocycles. The smallest absolute Gasteiger partial charge is 0.321 e. The molecule has 0 aliphatic heterocycles. The number of amides is 2. The molecule has 2 amide bonds. The average Bonchev–Trinajstić information content (AvgIpc) is 2.69. The summed E-state index contributed by atoms with van der Waals surface area (Å²) >= 11 is 0. The Balaban J connectivity index is 2.19. The van der Waals surface area contributed by atoms with Crippen LogP contribution >= 0.6 is 0 Å². The van der Waals surface area contributed by atoms with Crippen molar-refractivity contribution in [2.75, 3.05) is 19.4 Å². The number of hydrogen-bond donors (Lipinski definition) is 1. The third-order valence-corrected chi connectivity index (χ3v) is 2.72. The fourth-order valence-electron chi connectivity index (χ4n) is 1.74. The Labute approximate surface area is 112 Å². The van der Waals surface area contributed by atoms with Crippen molar-refractivity contribution in [1.82, 2.24) is 9.88 Å². The average molecular weight is 259 g/mol. The van der Waals surface area contributed by atoms with Crippen LogP contribution in [0.2, 0.25) is 0 Å². The predicted octanol–water partition coefficient (Wildman–Crippen LogP) is 3.05. The summed E-state index contributed by atoms with van der Waals surface area (Å²) in [5.74, 6) is 1.44. The molecule has 5 heteroatoms. The Morgan fingerprint density at radius 2 is 1.84 bits per heavy atom. The van der Waals surface area contributed by atoms with E-state index in [1.54, 1.807) is 14.1 Å². The van der Waals surface area contributed by atoms with Gasteiger partial charge in [0.05, 0.1) is 0 Å². The van der Waals surface area contributed by atoms with Crippen molar-refractivity contribution in [2.45, 2.75) is 13.8 Å². The van der Waals surface area contributed by atoms with E-state index in [1.165, 1.54) is 4.90 Å². The number of benzene rings is 1. The van der Waals surface area contributed by atoms with Crippen molar-refractivity contribution >= 4 is 11.7 Å². The first-order chi connectivity index (χ1) is 8.97. The summed E-state index contributed by atoms with van der Waals surface area (Å²) in [5, 5.41) is 2.78. The van der Waals surface area contributed by atoms with Crippen molar-refractivity contribution in [3.63, 3.8) is 0 Å². The minimum atomic E-state index is -0.152. The van der Waals surface area contributed by atoms with Gasteiger partial charge in [-0.15, -0.1) is 0 Å². The van der Waals surface area contributed by atoms with Gasteiger partial charge in [0.15, 0.2) is 5.89 Å². The normalized spacial score (nSPS) is 10.3. The Kier molecular flexibility index (Phi) is 3.55. The van der Waals surface area contributed by atoms with Gasteiger partial charge >= 0.3 is 6.03 Å². The number of rotatable bonds is 2. The second-order valence-electron chi connectivity index (χ2n) is 4.54. The molecule has 1 aromatic heterocycles. The molecule has 0 radical (unpaired) electrons. The van der Waals surface area contributed by atoms with Crippen LogP contribution in [0.25, 0.3) is 11.3 Å². The van der Waals surface area contributed by atoms with E-state index in [9.17, 15) is 4.79 Å². The fourth-order valence-corrected chi connectivity index (χ4v) is 1.74. The topological polar surface area (TPSA) is 58.4 Å². The lowest BCUT2D eigenvalue weighted by Crippen LogP contribution is -2.27. The maximum atomic E-state index is 11.5. The Morgan fingerprint density at radius 1 is 1.21 bits per heavy atom. The fraction of sp³-hybridized carbons (Fsp3) is 0.286. The van der Waals surface area contributed by atoms with E-state index in [0.717, 1.165) is 22.7 Å². The lowest BCUT2D eigenvalue weighted by atomic mass is 10.1. The number of nitrogens with zero attached hydrogens (tertiary/aromatic N) is 2. The summed E-state index contributed by atoms with van der Waals surface area (Å²) in [4.78, 5) is 17.3. The van der Waals surface area contributed by atoms with Gasteiger partial charge in [-0.05, 0) is 19.1 Å². The van der Waals surface area contributed by atoms with Crippen LogP contribution in [0.5, 0.6) is 0 Å². The van der Waals surface area contributed by atoms with Crippen molar-refractivity contribution in [3.05, 3.63) is 35.9 Å². The van der Waals surface area contributed by atoms with E-state index >= 15 is 0 Å². The summed E-state index contributed by atoms with van der Waals surface area (Å²) in [7, 11) is 3.40. The summed E-state index contributed by atoms with van der Waals surface area (Å²) in [6, 6.07) is 7.37. The van der Waals surface area contributed by atoms with Crippen LogP contribution in [0, 0.1) is 13.8 Å². The molecule has 2 rings (SSSR count). The molecule has 1 aromatic carbocycles. The number of carbonyl (C=O) groups is 1. The van der Waals surface area contributed by atoms with Gasteiger partial charge in [-0.1, -0.05) is 12.1 Å². The van der Waals surface area contributed by atoms with E-state index in [2.05, 4.69) is 10.3 Å². The zero-order valence-electron chi connectivity index (χ0n) is 11.5. The highest BCUT2D eigenvalue weighted by Crippen LogP contribution is 2.24. The molecule has 1 heterocycles. The molecule has 2 aromatic rings. The van der Waals surface area contributed by atoms with Crippen LogP contribution in [0.1, 0.15) is 11.7 Å². The number of aromatic nitrogens is 1. The van der Waals surface area contributed by atoms with Gasteiger partial charge in [0, 0.05) is 32.3 Å². The van der Waals surface area contributed by atoms with E-state index in [-0.39, 0.29) is 6.03 Å². The third-order valence-electron chi connectivity index (χ3n) is 2.72. The molecule has 1 N–H and O–H groups in total. The van der Waals surface area contributed by atoms with Gasteiger partial charge in [0.2, 0.25) is 0 Å². The van der Waals surface area contributed by atoms with Crippen LogP contribution in [0.3, 0.4) is 0 Å². The molecular weight excluding hydrogens is 242 g/mol. The zero-order valence-corrected chi connectivity index (χ0v) is 11.5. The van der Waals surface area contributed by atoms with Gasteiger partial charge in [-0.3, -0.25) is 0 Å². The maximum Gasteiger partial charge on any atom is 0.321 e. The van der Waals surface area contributed by atoms with Gasteiger partial charge in [-0.25, -0.2) is 9.78 Å². The second kappa shape index (κ2) is 5.14. The summed E-state index contributed by atoms with van der Waals surface area (Å²) in [6.07, 6.45) is 0. The Morgan fingerprint density at radius 3 is 2.32 bits per heavy atom. The van der Waals surface area contributed by atoms with E-state index in [0.29, 0.717) is 5.89 Å². The number of oxazole rings is 1. The molecule has 0 aliphatic rings. The number of nitrogens with one attached hydrogen (secondary N) is 1. The zero-order chi connectivity index (χ0) is 14.0. The second-order valence-corrected chi connectivity index (χ2v) is 4.54. The maximum absolute atomic E-state index is 11.5. The lowest BCUT2D eigenvalue weighted by molar-refractivity contribution is 0.230. The van der Waals surface area contributed by atoms with Gasteiger partial charge in [0.1, 0.15) is 11.5 Å². The highest BCUT2D eigenvalue weighted by molar-refractivity contribution is 5.89. The Hall–Kier alpha value is -2.30. The minimum absolute atomic E-state index is 0.152. The lowest BCUT2D eigenvalue weighted by Gasteiger charge is -2.12. The molecule has 0 unspecified atom stereocenters. The number of hydrogen-bond acceptors (Lipinski definition) is 3. The Bertz CT molecular complexity index is 585. The van der Waals surface area contributed by atoms with Crippen LogP contribution in [-0.2, 0) is 0 Å². The van der Waals surface area contributed by atoms with Crippen molar-refractivity contribution in [1.29, 1.82) is 0 Å². The number of carbonyl (C=O) groups excluding carboxylic acids is 1. The summed E-state index contributed by atoms with van der Waals surface area (Å²) in [5.41, 5.74) is 2.56. The third kappa shape index (κ3) is 2.93. The first-order valence-electron chi connectivity index (χ1n) is 6.00. The van der Waals surface area contributed by atoms with Crippen LogP contribution in [0.4, 0.5) is 10.5 Å². The largest absolute Gasteiger partial charge is 0.446 e. The molecule has 0 aliphatic carbocycles. The number of anilines is 1. The molecule has 0 saturated carbocycles. The monoisotopic (exact) mass is 259 g/mol. The molecule has 0 spiro atoms. The van der Waals surface area contributed by atoms with E-state index in [4.69, 9.17) is 4.42 Å². The quantitative estimate of drug-likeness (QED) is 0.901. The van der Waals surface area contributed by atoms with E-state index < -0.39 is 0 Å². The first-order valence-corrected chi connectivity index (χ1v) is 6.00. The molecule has 0 fully saturated rings. The standard InChI is InChI=1S/C14H17N3O2/c1-9-13(15-10(2)19-9)11-5-7-12(8-6-11)16-14(18)17(3)4/h5-8H,1-4H3,(H,16,18). The van der Waals surface area contributed by atoms with Crippen molar-refractivity contribution in [3.8, 4) is 11.3 Å². The summed E-state index contributed by atoms with van der Waals surface area (Å²) in [6.45, 7) is 3.71. The predicted molar refractivity (Wildman–Crippen MR) is 74.1 cm³/mol. The molecule has 19 heavy (non-hydrogen) atoms. The van der Waals surface area contributed by atoms with Crippen molar-refractivity contribution in [2.24, 2.45) is 0 Å². The van der Waals surface area contributed by atoms with Crippen molar-refractivity contribution < 1.29 is 9.21 Å². The minimum Gasteiger partial charge on any atom is -0.446 e. The molecule has 0 bridgehead atoms. The van der Waals surface area contributed by atoms with Crippen LogP contribution < -0.4 is 5.32 Å². The van der Waals surface area contributed by atoms with E-state index in [1.807, 2.05) is 38.1 Å². The SMILES string of the molecule is Cc1nc(-c2ccc(NC(=O)N(C)C)cc2)c(C)o1. The molecule has 100 valence electrons. The van der Waals surface area contributed by atoms with Crippen LogP contribution in [-0.4, -0.2) is 30.0 Å². The number of urea groups is 1. The molecule has 0 atom stereocenters. The highest BCUT2D eigenvalue weighted by atomic mass is 16.4. The molecule has 5 nitrogen and oxygen atoms in total. The molecular formula is C14H17N3O2. The van der Waals surface area contributed by atoms with Gasteiger partial charge in [-0.2, -0.15) is 0 Å². The van der Waals surface area contributed by atoms with Crippen LogP contribution in [0.15, 0.2) is 28.7 Å². The first kappa shape index (κ1) is 13.1.